The number of hydrogen-bond acceptors (Lipinski definition) is 16. The Morgan fingerprint density at radius 2 is 1.59 bits per heavy atom. The van der Waals surface area contributed by atoms with Gasteiger partial charge >= 0.3 is 0 Å². The first-order valence-corrected chi connectivity index (χ1v) is 21.2. The summed E-state index contributed by atoms with van der Waals surface area (Å²) in [6.07, 6.45) is -7.06. The van der Waals surface area contributed by atoms with Crippen LogP contribution in [0.25, 0.3) is 0 Å². The molecule has 0 saturated carbocycles. The van der Waals surface area contributed by atoms with Gasteiger partial charge in [0, 0.05) is 62.2 Å². The van der Waals surface area contributed by atoms with Crippen LogP contribution in [0.1, 0.15) is 100 Å². The van der Waals surface area contributed by atoms with Gasteiger partial charge in [0.1, 0.15) is 24.9 Å². The molecular formula is C43H75N3O13. The number of rotatable bonds is 10. The molecule has 1 aromatic rings. The zero-order valence-electron chi connectivity index (χ0n) is 37.5. The summed E-state index contributed by atoms with van der Waals surface area (Å²) >= 11 is 0. The highest BCUT2D eigenvalue weighted by Crippen LogP contribution is 2.41. The molecule has 340 valence electrons. The molecule has 8 unspecified atom stereocenters. The first-order chi connectivity index (χ1) is 27.5. The molecule has 0 aliphatic carbocycles. The van der Waals surface area contributed by atoms with Gasteiger partial charge in [-0.15, -0.1) is 0 Å². The first-order valence-electron chi connectivity index (χ1n) is 21.2. The van der Waals surface area contributed by atoms with Crippen LogP contribution in [-0.2, 0) is 39.8 Å². The third-order valence-corrected chi connectivity index (χ3v) is 13.3. The number of likely N-dealkylation sites (N-methyl/N-ethyl adjacent to an activating group) is 1. The summed E-state index contributed by atoms with van der Waals surface area (Å²) in [7, 11) is 4.82. The first kappa shape index (κ1) is 49.8. The summed E-state index contributed by atoms with van der Waals surface area (Å²) < 4.78 is 38.3. The molecule has 16 nitrogen and oxygen atoms in total. The molecule has 4 rings (SSSR count). The van der Waals surface area contributed by atoms with E-state index >= 15 is 0 Å². The SMILES string of the molecule is CC[C@H]1O[C@H](O)[C@H](C)[C@@H](OC2CC(C)(OC)C(O)C(C)O2)[C@H](C)[C@@H](OC2OC(C)CC(N(C)Cc3cccnc3)C2O)[C@](C)(O)C[C@@H](C)C(=NOC)[C@H](C)[C@@H](O)[C@]1(C)O. The number of nitrogens with zero attached hydrogens (tertiary/aromatic N) is 3. The van der Waals surface area contributed by atoms with Crippen LogP contribution in [0.2, 0.25) is 0 Å². The Morgan fingerprint density at radius 1 is 0.915 bits per heavy atom. The van der Waals surface area contributed by atoms with Crippen molar-refractivity contribution in [2.24, 2.45) is 28.8 Å². The molecule has 3 aliphatic rings. The molecule has 0 amide bonds. The van der Waals surface area contributed by atoms with Gasteiger partial charge in [-0.1, -0.05) is 45.8 Å². The molecule has 6 N–H and O–H groups in total. The minimum Gasteiger partial charge on any atom is -0.399 e. The number of methoxy groups -OCH3 is 1. The summed E-state index contributed by atoms with van der Waals surface area (Å²) in [4.78, 5) is 11.5. The van der Waals surface area contributed by atoms with Crippen molar-refractivity contribution in [3.05, 3.63) is 30.1 Å². The van der Waals surface area contributed by atoms with Gasteiger partial charge in [-0.05, 0) is 72.6 Å². The number of oxime groups is 1. The van der Waals surface area contributed by atoms with Crippen LogP contribution in [-0.4, -0.2) is 158 Å². The second-order valence-electron chi connectivity index (χ2n) is 18.2. The molecule has 19 atom stereocenters. The molecule has 0 spiro atoms. The smallest absolute Gasteiger partial charge is 0.185 e. The van der Waals surface area contributed by atoms with E-state index in [1.807, 2.05) is 44.9 Å². The average molecular weight is 842 g/mol. The largest absolute Gasteiger partial charge is 0.399 e. The molecule has 3 aliphatic heterocycles. The normalized spacial score (nSPS) is 46.5. The van der Waals surface area contributed by atoms with Gasteiger partial charge < -0.3 is 63.9 Å². The molecule has 4 heterocycles. The zero-order valence-corrected chi connectivity index (χ0v) is 37.5. The van der Waals surface area contributed by atoms with Gasteiger partial charge in [-0.3, -0.25) is 9.88 Å². The lowest BCUT2D eigenvalue weighted by atomic mass is 9.73. The molecule has 3 fully saturated rings. The highest BCUT2D eigenvalue weighted by molar-refractivity contribution is 5.88. The van der Waals surface area contributed by atoms with Crippen molar-refractivity contribution in [3.63, 3.8) is 0 Å². The van der Waals surface area contributed by atoms with Crippen LogP contribution in [0.3, 0.4) is 0 Å². The average Bonchev–Trinajstić information content (AvgIpc) is 3.18. The van der Waals surface area contributed by atoms with Crippen molar-refractivity contribution >= 4 is 5.71 Å². The summed E-state index contributed by atoms with van der Waals surface area (Å²) in [5.74, 6) is -2.98. The van der Waals surface area contributed by atoms with Gasteiger partial charge in [0.05, 0.1) is 53.5 Å². The van der Waals surface area contributed by atoms with Crippen LogP contribution < -0.4 is 0 Å². The summed E-state index contributed by atoms with van der Waals surface area (Å²) in [5, 5.41) is 75.8. The molecule has 0 aromatic carbocycles. The maximum Gasteiger partial charge on any atom is 0.185 e. The third kappa shape index (κ3) is 11.4. The lowest BCUT2D eigenvalue weighted by Crippen LogP contribution is -2.61. The van der Waals surface area contributed by atoms with Crippen LogP contribution in [0, 0.1) is 23.7 Å². The standard InChI is InChI=1S/C43H75N3O13/c1-14-31-43(10,52)36(48)25(4)33(45-54-13)23(2)19-41(8,51)38(59-40-34(47)30(18-24(3)55-40)46(11)22-29-16-15-17-44-21-29)26(5)35(27(6)39(50)57-31)58-32-20-42(9,53-12)37(49)28(7)56-32/h15-17,21,23-28,30-32,34-40,47-52H,14,18-20,22H2,1-13H3/t23-,24?,25+,26+,27-,28?,30?,31-,32?,34?,35+,36-,37?,38-,39+,40?,41-,42?,43-/m1/s1. The number of aliphatic hydroxyl groups excluding tert-OH is 4. The highest BCUT2D eigenvalue weighted by atomic mass is 16.7. The maximum absolute atomic E-state index is 12.8. The minimum absolute atomic E-state index is 0.0222. The number of hydrogen-bond donors (Lipinski definition) is 6. The van der Waals surface area contributed by atoms with Crippen molar-refractivity contribution in [2.75, 3.05) is 21.3 Å². The van der Waals surface area contributed by atoms with Gasteiger partial charge in [0.15, 0.2) is 18.9 Å². The third-order valence-electron chi connectivity index (χ3n) is 13.3. The number of ether oxygens (including phenoxy) is 6. The van der Waals surface area contributed by atoms with Crippen molar-refractivity contribution in [3.8, 4) is 0 Å². The second-order valence-corrected chi connectivity index (χ2v) is 18.2. The maximum atomic E-state index is 12.8. The lowest BCUT2D eigenvalue weighted by molar-refractivity contribution is -0.327. The number of aliphatic hydroxyl groups is 6. The molecule has 0 radical (unpaired) electrons. The summed E-state index contributed by atoms with van der Waals surface area (Å²) in [6.45, 7) is 17.9. The van der Waals surface area contributed by atoms with Crippen LogP contribution in [0.15, 0.2) is 29.7 Å². The Balaban J connectivity index is 1.83. The van der Waals surface area contributed by atoms with Crippen LogP contribution in [0.5, 0.6) is 0 Å². The molecule has 16 heteroatoms. The summed E-state index contributed by atoms with van der Waals surface area (Å²) in [5.41, 5.74) is -3.27. The Labute approximate surface area is 351 Å². The van der Waals surface area contributed by atoms with Crippen molar-refractivity contribution in [2.45, 2.75) is 192 Å². The monoisotopic (exact) mass is 842 g/mol. The molecule has 0 bridgehead atoms. The van der Waals surface area contributed by atoms with E-state index in [0.29, 0.717) is 18.7 Å². The Bertz CT molecular complexity index is 1470. The molecule has 1 aromatic heterocycles. The number of pyridine rings is 1. The van der Waals surface area contributed by atoms with Crippen LogP contribution in [0.4, 0.5) is 0 Å². The van der Waals surface area contributed by atoms with E-state index in [9.17, 15) is 30.6 Å². The van der Waals surface area contributed by atoms with Gasteiger partial charge in [0.2, 0.25) is 0 Å². The van der Waals surface area contributed by atoms with Gasteiger partial charge in [0.25, 0.3) is 0 Å². The van der Waals surface area contributed by atoms with E-state index in [4.69, 9.17) is 33.3 Å². The van der Waals surface area contributed by atoms with Crippen molar-refractivity contribution < 1.29 is 63.9 Å². The Kier molecular flexibility index (Phi) is 17.3. The van der Waals surface area contributed by atoms with Crippen LogP contribution >= 0.6 is 0 Å². The second kappa shape index (κ2) is 20.5. The van der Waals surface area contributed by atoms with E-state index in [-0.39, 0.29) is 31.4 Å². The quantitative estimate of drug-likeness (QED) is 0.187. The summed E-state index contributed by atoms with van der Waals surface area (Å²) in [6, 6.07) is 3.45. The zero-order chi connectivity index (χ0) is 44.2. The molecule has 59 heavy (non-hydrogen) atoms. The van der Waals surface area contributed by atoms with Crippen molar-refractivity contribution in [1.29, 1.82) is 0 Å². The Hall–Kier alpha value is -1.90. The van der Waals surface area contributed by atoms with E-state index in [2.05, 4.69) is 10.1 Å². The minimum atomic E-state index is -1.87. The van der Waals surface area contributed by atoms with E-state index in [1.165, 1.54) is 21.1 Å². The van der Waals surface area contributed by atoms with Gasteiger partial charge in [-0.2, -0.15) is 0 Å². The fourth-order valence-electron chi connectivity index (χ4n) is 9.65. The van der Waals surface area contributed by atoms with E-state index < -0.39 is 102 Å². The van der Waals surface area contributed by atoms with E-state index in [1.54, 1.807) is 53.9 Å². The lowest BCUT2D eigenvalue weighted by Gasteiger charge is -2.50. The predicted octanol–water partition coefficient (Wildman–Crippen LogP) is 2.98. The highest BCUT2D eigenvalue weighted by Gasteiger charge is 2.53. The van der Waals surface area contributed by atoms with E-state index in [0.717, 1.165) is 5.56 Å². The fraction of sp³-hybridized carbons (Fsp3) is 0.860. The Morgan fingerprint density at radius 3 is 2.19 bits per heavy atom. The topological polar surface area (TPSA) is 214 Å². The van der Waals surface area contributed by atoms with Crippen molar-refractivity contribution in [1.82, 2.24) is 9.88 Å². The number of aromatic nitrogens is 1. The molecular weight excluding hydrogens is 766 g/mol. The van der Waals surface area contributed by atoms with Gasteiger partial charge in [-0.25, -0.2) is 0 Å². The molecule has 3 saturated heterocycles. The fourth-order valence-corrected chi connectivity index (χ4v) is 9.65. The predicted molar refractivity (Wildman–Crippen MR) is 219 cm³/mol.